The van der Waals surface area contributed by atoms with Crippen LogP contribution in [0.4, 0.5) is 17.6 Å². The van der Waals surface area contributed by atoms with Crippen LogP contribution in [0.5, 0.6) is 0 Å². The van der Waals surface area contributed by atoms with Gasteiger partial charge in [-0.3, -0.25) is 0 Å². The molecule has 17 heavy (non-hydrogen) atoms. The molecule has 0 spiro atoms. The van der Waals surface area contributed by atoms with Crippen LogP contribution in [0.3, 0.4) is 0 Å². The lowest BCUT2D eigenvalue weighted by atomic mass is 10.1. The normalized spacial score (nSPS) is 28.4. The van der Waals surface area contributed by atoms with Gasteiger partial charge in [0.05, 0.1) is 6.04 Å². The molecule has 0 unspecified atom stereocenters. The molecule has 1 heterocycles. The molecule has 0 aliphatic carbocycles. The number of alkyl halides is 4. The van der Waals surface area contributed by atoms with Gasteiger partial charge in [0.2, 0.25) is 0 Å². The van der Waals surface area contributed by atoms with Crippen molar-refractivity contribution in [3.8, 4) is 0 Å². The third-order valence-electron chi connectivity index (χ3n) is 2.24. The lowest BCUT2D eigenvalue weighted by Gasteiger charge is -2.29. The van der Waals surface area contributed by atoms with Gasteiger partial charge in [0.25, 0.3) is 30.0 Å². The van der Waals surface area contributed by atoms with Crippen molar-refractivity contribution in [1.29, 1.82) is 0 Å². The minimum atomic E-state index is -4.09. The van der Waals surface area contributed by atoms with Crippen molar-refractivity contribution in [2.24, 2.45) is 0 Å². The van der Waals surface area contributed by atoms with E-state index in [2.05, 4.69) is 0 Å². The van der Waals surface area contributed by atoms with E-state index in [1.54, 1.807) is 0 Å². The molecule has 0 aromatic carbocycles. The van der Waals surface area contributed by atoms with Gasteiger partial charge in [-0.2, -0.15) is 8.78 Å². The highest BCUT2D eigenvalue weighted by Crippen LogP contribution is 2.40. The van der Waals surface area contributed by atoms with Gasteiger partial charge in [0, 0.05) is 6.42 Å². The van der Waals surface area contributed by atoms with E-state index in [1.165, 1.54) is 0 Å². The minimum Gasteiger partial charge on any atom is -0.425 e. The Labute approximate surface area is 105 Å². The molecule has 0 bridgehead atoms. The van der Waals surface area contributed by atoms with Crippen molar-refractivity contribution >= 4 is 39.3 Å². The monoisotopic (exact) mass is 326 g/mol. The zero-order valence-corrected chi connectivity index (χ0v) is 14.7. The molecular formula is C5H14F4O4Si4. The molecule has 0 amide bonds. The van der Waals surface area contributed by atoms with Gasteiger partial charge in [0.15, 0.2) is 0 Å². The molecule has 0 aromatic rings. The van der Waals surface area contributed by atoms with Gasteiger partial charge < -0.3 is 16.5 Å². The zero-order valence-electron chi connectivity index (χ0n) is 9.26. The molecule has 4 nitrogen and oxygen atoms in total. The molecule has 1 saturated heterocycles. The molecule has 1 aliphatic heterocycles. The molecule has 0 radical (unpaired) electrons. The van der Waals surface area contributed by atoms with Crippen LogP contribution >= 0.6 is 0 Å². The topological polar surface area (TPSA) is 36.9 Å². The Bertz CT molecular complexity index is 238. The van der Waals surface area contributed by atoms with Crippen LogP contribution in [0.25, 0.3) is 0 Å². The fraction of sp³-hybridized carbons (Fsp3) is 1.00. The highest BCUT2D eigenvalue weighted by molar-refractivity contribution is 6.60. The first-order valence-corrected chi connectivity index (χ1v) is 10.3. The summed E-state index contributed by atoms with van der Waals surface area (Å²) in [6.07, 6.45) is -0.907. The number of rotatable bonds is 4. The fourth-order valence-corrected chi connectivity index (χ4v) is 9.86. The number of hydrogen-bond acceptors (Lipinski definition) is 4. The standard InChI is InChI=1S/C5H14F4O4Si4/c1-2-4(6,7)5(8,9)3-17-12-15-10-14-11-16-13-17/h17H,2-3,14-16H2,1H3. The molecule has 102 valence electrons. The van der Waals surface area contributed by atoms with Crippen molar-refractivity contribution in [3.05, 3.63) is 0 Å². The molecule has 12 heteroatoms. The van der Waals surface area contributed by atoms with E-state index in [0.29, 0.717) is 0 Å². The first-order valence-electron chi connectivity index (χ1n) is 5.03. The maximum Gasteiger partial charge on any atom is 0.312 e. The average molecular weight is 326 g/mol. The third kappa shape index (κ3) is 4.55. The van der Waals surface area contributed by atoms with Crippen LogP contribution in [0.1, 0.15) is 13.3 Å². The Kier molecular flexibility index (Phi) is 5.97. The molecule has 1 fully saturated rings. The summed E-state index contributed by atoms with van der Waals surface area (Å²) in [5, 5.41) is 0. The Morgan fingerprint density at radius 3 is 1.94 bits per heavy atom. The second-order valence-corrected chi connectivity index (χ2v) is 11.4. The Hall–Kier alpha value is 0.428. The van der Waals surface area contributed by atoms with Crippen LogP contribution < -0.4 is 0 Å². The maximum absolute atomic E-state index is 13.3. The first-order chi connectivity index (χ1) is 7.89. The third-order valence-corrected chi connectivity index (χ3v) is 9.82. The number of halogens is 4. The van der Waals surface area contributed by atoms with Crippen molar-refractivity contribution < 1.29 is 34.0 Å². The van der Waals surface area contributed by atoms with E-state index in [1.807, 2.05) is 0 Å². The smallest absolute Gasteiger partial charge is 0.312 e. The molecule has 0 saturated carbocycles. The summed E-state index contributed by atoms with van der Waals surface area (Å²) in [6.45, 7) is 1.02. The van der Waals surface area contributed by atoms with Crippen molar-refractivity contribution in [2.75, 3.05) is 0 Å². The fourth-order valence-electron chi connectivity index (χ4n) is 1.16. The molecule has 0 aromatic heterocycles. The van der Waals surface area contributed by atoms with E-state index in [0.717, 1.165) is 6.92 Å². The molecular weight excluding hydrogens is 312 g/mol. The van der Waals surface area contributed by atoms with Gasteiger partial charge in [-0.05, 0) is 0 Å². The largest absolute Gasteiger partial charge is 0.425 e. The predicted molar refractivity (Wildman–Crippen MR) is 62.1 cm³/mol. The summed E-state index contributed by atoms with van der Waals surface area (Å²) in [6, 6.07) is -1.03. The Morgan fingerprint density at radius 2 is 1.47 bits per heavy atom. The number of hydrogen-bond donors (Lipinski definition) is 0. The van der Waals surface area contributed by atoms with E-state index in [-0.39, 0.29) is 0 Å². The lowest BCUT2D eigenvalue weighted by molar-refractivity contribution is -0.199. The second-order valence-electron chi connectivity index (χ2n) is 3.49. The van der Waals surface area contributed by atoms with E-state index in [9.17, 15) is 17.6 Å². The lowest BCUT2D eigenvalue weighted by Crippen LogP contribution is -2.46. The van der Waals surface area contributed by atoms with Gasteiger partial charge in [-0.15, -0.1) is 0 Å². The van der Waals surface area contributed by atoms with Crippen LogP contribution in [0.15, 0.2) is 0 Å². The summed E-state index contributed by atoms with van der Waals surface area (Å²) < 4.78 is 72.8. The molecule has 1 aliphatic rings. The second kappa shape index (κ2) is 6.55. The van der Waals surface area contributed by atoms with E-state index >= 15 is 0 Å². The molecule has 1 rings (SSSR count). The summed E-state index contributed by atoms with van der Waals surface area (Å²) >= 11 is 0. The van der Waals surface area contributed by atoms with Crippen LogP contribution in [-0.4, -0.2) is 51.1 Å². The van der Waals surface area contributed by atoms with E-state index in [4.69, 9.17) is 16.5 Å². The van der Waals surface area contributed by atoms with Crippen LogP contribution in [0.2, 0.25) is 6.04 Å². The van der Waals surface area contributed by atoms with Gasteiger partial charge in [-0.25, -0.2) is 8.78 Å². The summed E-state index contributed by atoms with van der Waals surface area (Å²) in [5.41, 5.74) is 0. The van der Waals surface area contributed by atoms with Crippen LogP contribution in [0, 0.1) is 0 Å². The van der Waals surface area contributed by atoms with Crippen molar-refractivity contribution in [3.63, 3.8) is 0 Å². The minimum absolute atomic E-state index is 0.907. The van der Waals surface area contributed by atoms with Gasteiger partial charge in [0.1, 0.15) is 0 Å². The Morgan fingerprint density at radius 1 is 0.941 bits per heavy atom. The van der Waals surface area contributed by atoms with E-state index < -0.39 is 63.6 Å². The van der Waals surface area contributed by atoms with Crippen molar-refractivity contribution in [1.82, 2.24) is 0 Å². The average Bonchev–Trinajstić information content (AvgIpc) is 2.21. The molecule has 0 N–H and O–H groups in total. The SMILES string of the molecule is CCC(F)(F)C(F)(F)C[SiH]1O[SiH2]O[SiH2]O[SiH2]O1. The zero-order chi connectivity index (χ0) is 12.9. The summed E-state index contributed by atoms with van der Waals surface area (Å²) in [7, 11) is -6.65. The highest BCUT2D eigenvalue weighted by atomic mass is 28.4. The Balaban J connectivity index is 2.55. The van der Waals surface area contributed by atoms with Gasteiger partial charge in [-0.1, -0.05) is 6.92 Å². The summed E-state index contributed by atoms with van der Waals surface area (Å²) in [4.78, 5) is 0. The molecule has 0 atom stereocenters. The van der Waals surface area contributed by atoms with Crippen LogP contribution in [-0.2, 0) is 16.5 Å². The van der Waals surface area contributed by atoms with Crippen molar-refractivity contribution in [2.45, 2.75) is 31.2 Å². The van der Waals surface area contributed by atoms with Gasteiger partial charge >= 0.3 is 21.1 Å². The first kappa shape index (κ1) is 15.5. The highest BCUT2D eigenvalue weighted by Gasteiger charge is 2.56. The predicted octanol–water partition coefficient (Wildman–Crippen LogP) is -1.04. The quantitative estimate of drug-likeness (QED) is 0.489. The summed E-state index contributed by atoms with van der Waals surface area (Å²) in [5.74, 6) is -8.10. The maximum atomic E-state index is 13.3.